The van der Waals surface area contributed by atoms with E-state index in [1.165, 1.54) is 5.57 Å². The van der Waals surface area contributed by atoms with Crippen molar-refractivity contribution in [3.8, 4) is 17.2 Å². The lowest BCUT2D eigenvalue weighted by Gasteiger charge is -2.16. The second-order valence-corrected chi connectivity index (χ2v) is 5.69. The number of rotatable bonds is 2. The minimum Gasteiger partial charge on any atom is -0.313 e. The Morgan fingerprint density at radius 1 is 1.21 bits per heavy atom. The summed E-state index contributed by atoms with van der Waals surface area (Å²) in [4.78, 5) is 0. The predicted octanol–water partition coefficient (Wildman–Crippen LogP) is 2.40. The van der Waals surface area contributed by atoms with Gasteiger partial charge in [0.1, 0.15) is 6.07 Å². The van der Waals surface area contributed by atoms with Crippen LogP contribution < -0.4 is 5.32 Å². The Kier molecular flexibility index (Phi) is 4.38. The molecule has 6 nitrogen and oxygen atoms in total. The Hall–Kier alpha value is -2.62. The first kappa shape index (κ1) is 16.2. The molecule has 3 aromatic rings. The first-order valence-electron chi connectivity index (χ1n) is 7.57. The van der Waals surface area contributed by atoms with Gasteiger partial charge >= 0.3 is 0 Å². The molecule has 0 aliphatic carbocycles. The van der Waals surface area contributed by atoms with E-state index in [2.05, 4.69) is 33.7 Å². The van der Waals surface area contributed by atoms with E-state index in [0.717, 1.165) is 41.7 Å². The number of nitrogens with one attached hydrogen (secondary N) is 1. The van der Waals surface area contributed by atoms with Crippen molar-refractivity contribution in [1.29, 1.82) is 5.26 Å². The Bertz CT molecular complexity index is 959. The maximum atomic E-state index is 9.39. The monoisotopic (exact) mass is 340 g/mol. The molecule has 0 saturated heterocycles. The van der Waals surface area contributed by atoms with Crippen LogP contribution in [0.4, 0.5) is 0 Å². The fraction of sp³-hybridized carbons (Fsp3) is 0.235. The lowest BCUT2D eigenvalue weighted by atomic mass is 9.96. The molecule has 4 heterocycles. The van der Waals surface area contributed by atoms with E-state index in [0.29, 0.717) is 5.56 Å². The highest BCUT2D eigenvalue weighted by molar-refractivity contribution is 5.86. The van der Waals surface area contributed by atoms with Gasteiger partial charge in [-0.2, -0.15) is 15.5 Å². The van der Waals surface area contributed by atoms with Gasteiger partial charge in [0.15, 0.2) is 0 Å². The van der Waals surface area contributed by atoms with Gasteiger partial charge in [-0.25, -0.2) is 4.52 Å². The lowest BCUT2D eigenvalue weighted by molar-refractivity contribution is 0.738. The molecular formula is C17H17ClN6. The summed E-state index contributed by atoms with van der Waals surface area (Å²) in [6.45, 7) is 1.81. The maximum Gasteiger partial charge on any atom is 0.103 e. The van der Waals surface area contributed by atoms with E-state index in [9.17, 15) is 5.26 Å². The van der Waals surface area contributed by atoms with Crippen LogP contribution in [0.5, 0.6) is 0 Å². The summed E-state index contributed by atoms with van der Waals surface area (Å²) >= 11 is 0. The normalized spacial score (nSPS) is 14.1. The fourth-order valence-corrected chi connectivity index (χ4v) is 3.04. The molecule has 0 saturated carbocycles. The van der Waals surface area contributed by atoms with Crippen LogP contribution in [-0.2, 0) is 7.05 Å². The number of pyridine rings is 1. The number of aromatic nitrogens is 4. The van der Waals surface area contributed by atoms with E-state index in [1.54, 1.807) is 15.4 Å². The smallest absolute Gasteiger partial charge is 0.103 e. The highest BCUT2D eigenvalue weighted by atomic mass is 35.5. The lowest BCUT2D eigenvalue weighted by Crippen LogP contribution is -2.20. The quantitative estimate of drug-likeness (QED) is 0.777. The minimum absolute atomic E-state index is 0. The molecule has 0 spiro atoms. The van der Waals surface area contributed by atoms with Crippen molar-refractivity contribution in [2.75, 3.05) is 13.1 Å². The third-order valence-corrected chi connectivity index (χ3v) is 4.18. The molecule has 122 valence electrons. The van der Waals surface area contributed by atoms with Crippen LogP contribution in [-0.4, -0.2) is 32.5 Å². The second kappa shape index (κ2) is 6.48. The third kappa shape index (κ3) is 2.68. The standard InChI is InChI=1S/C17H16N6.ClH/c1-22-10-15(9-20-22)13-6-16(12-2-4-19-5-3-12)17-14(7-18)8-21-23(17)11-13;/h2,6,8-11,19H,3-5H2,1H3;1H. The molecule has 0 unspecified atom stereocenters. The van der Waals surface area contributed by atoms with Crippen LogP contribution in [0.2, 0.25) is 0 Å². The molecule has 1 N–H and O–H groups in total. The van der Waals surface area contributed by atoms with E-state index in [1.807, 2.05) is 25.6 Å². The zero-order valence-electron chi connectivity index (χ0n) is 13.2. The van der Waals surface area contributed by atoms with Gasteiger partial charge in [0.05, 0.1) is 23.5 Å². The maximum absolute atomic E-state index is 9.39. The van der Waals surface area contributed by atoms with Gasteiger partial charge < -0.3 is 5.32 Å². The van der Waals surface area contributed by atoms with E-state index < -0.39 is 0 Å². The number of nitrogens with zero attached hydrogens (tertiary/aromatic N) is 5. The zero-order valence-corrected chi connectivity index (χ0v) is 14.0. The van der Waals surface area contributed by atoms with E-state index >= 15 is 0 Å². The van der Waals surface area contributed by atoms with Gasteiger partial charge in [0, 0.05) is 42.7 Å². The van der Waals surface area contributed by atoms with Crippen molar-refractivity contribution in [2.24, 2.45) is 7.05 Å². The first-order chi connectivity index (χ1) is 11.3. The molecule has 0 bridgehead atoms. The molecule has 0 amide bonds. The summed E-state index contributed by atoms with van der Waals surface area (Å²) < 4.78 is 3.59. The van der Waals surface area contributed by atoms with E-state index in [4.69, 9.17) is 0 Å². The largest absolute Gasteiger partial charge is 0.313 e. The molecule has 0 aromatic carbocycles. The Morgan fingerprint density at radius 2 is 2.08 bits per heavy atom. The van der Waals surface area contributed by atoms with Crippen molar-refractivity contribution in [3.05, 3.63) is 48.1 Å². The summed E-state index contributed by atoms with van der Waals surface area (Å²) in [6.07, 6.45) is 10.6. The van der Waals surface area contributed by atoms with Gasteiger partial charge in [0.25, 0.3) is 0 Å². The Balaban J connectivity index is 0.00000169. The van der Waals surface area contributed by atoms with Gasteiger partial charge in [0.2, 0.25) is 0 Å². The average Bonchev–Trinajstić information content (AvgIpc) is 3.20. The summed E-state index contributed by atoms with van der Waals surface area (Å²) in [5.41, 5.74) is 5.93. The first-order valence-corrected chi connectivity index (χ1v) is 7.57. The van der Waals surface area contributed by atoms with Crippen molar-refractivity contribution in [2.45, 2.75) is 6.42 Å². The summed E-state index contributed by atoms with van der Waals surface area (Å²) in [7, 11) is 1.90. The molecule has 7 heteroatoms. The van der Waals surface area contributed by atoms with Crippen LogP contribution >= 0.6 is 12.4 Å². The van der Waals surface area contributed by atoms with Crippen LogP contribution in [0.15, 0.2) is 36.9 Å². The number of fused-ring (bicyclic) bond motifs is 1. The number of hydrogen-bond donors (Lipinski definition) is 1. The average molecular weight is 341 g/mol. The fourth-order valence-electron chi connectivity index (χ4n) is 3.04. The molecule has 0 atom stereocenters. The van der Waals surface area contributed by atoms with Gasteiger partial charge in [-0.1, -0.05) is 6.08 Å². The van der Waals surface area contributed by atoms with Crippen LogP contribution in [0.1, 0.15) is 17.5 Å². The van der Waals surface area contributed by atoms with Crippen LogP contribution in [0.3, 0.4) is 0 Å². The van der Waals surface area contributed by atoms with Crippen molar-refractivity contribution < 1.29 is 0 Å². The predicted molar refractivity (Wildman–Crippen MR) is 94.8 cm³/mol. The molecule has 4 rings (SSSR count). The van der Waals surface area contributed by atoms with Gasteiger partial charge in [-0.3, -0.25) is 4.68 Å². The molecule has 1 aliphatic rings. The molecule has 3 aromatic heterocycles. The number of hydrogen-bond acceptors (Lipinski definition) is 4. The number of nitriles is 1. The topological polar surface area (TPSA) is 70.9 Å². The SMILES string of the molecule is Cl.Cn1cc(-c2cc(C3=CCNCC3)c3c(C#N)cnn3c2)cn1. The molecule has 0 fully saturated rings. The summed E-state index contributed by atoms with van der Waals surface area (Å²) in [6, 6.07) is 4.40. The zero-order chi connectivity index (χ0) is 15.8. The number of aryl methyl sites for hydroxylation is 1. The highest BCUT2D eigenvalue weighted by Gasteiger charge is 2.16. The minimum atomic E-state index is 0. The van der Waals surface area contributed by atoms with E-state index in [-0.39, 0.29) is 12.4 Å². The van der Waals surface area contributed by atoms with Crippen molar-refractivity contribution in [1.82, 2.24) is 24.7 Å². The van der Waals surface area contributed by atoms with Gasteiger partial charge in [-0.05, 0) is 24.6 Å². The molecule has 1 aliphatic heterocycles. The molecule has 24 heavy (non-hydrogen) atoms. The molecule has 0 radical (unpaired) electrons. The second-order valence-electron chi connectivity index (χ2n) is 5.69. The van der Waals surface area contributed by atoms with Crippen molar-refractivity contribution in [3.63, 3.8) is 0 Å². The van der Waals surface area contributed by atoms with Crippen molar-refractivity contribution >= 4 is 23.5 Å². The van der Waals surface area contributed by atoms with Crippen LogP contribution in [0.25, 0.3) is 22.2 Å². The highest BCUT2D eigenvalue weighted by Crippen LogP contribution is 2.31. The van der Waals surface area contributed by atoms with Gasteiger partial charge in [-0.15, -0.1) is 12.4 Å². The van der Waals surface area contributed by atoms with Crippen LogP contribution in [0, 0.1) is 11.3 Å². The Labute approximate surface area is 145 Å². The number of halogens is 1. The Morgan fingerprint density at radius 3 is 2.75 bits per heavy atom. The summed E-state index contributed by atoms with van der Waals surface area (Å²) in [5, 5.41) is 21.3. The summed E-state index contributed by atoms with van der Waals surface area (Å²) in [5.74, 6) is 0. The molecular weight excluding hydrogens is 324 g/mol. The third-order valence-electron chi connectivity index (χ3n) is 4.18.